The highest BCUT2D eigenvalue weighted by Crippen LogP contribution is 2.14. The Labute approximate surface area is 175 Å². The lowest BCUT2D eigenvalue weighted by Crippen LogP contribution is -2.38. The minimum absolute atomic E-state index is 0.0827. The van der Waals surface area contributed by atoms with E-state index >= 15 is 0 Å². The molecule has 1 aliphatic heterocycles. The van der Waals surface area contributed by atoms with Crippen molar-refractivity contribution in [3.05, 3.63) is 47.0 Å². The predicted octanol–water partition coefficient (Wildman–Crippen LogP) is 1.96. The lowest BCUT2D eigenvalue weighted by Gasteiger charge is -2.22. The number of benzene rings is 1. The summed E-state index contributed by atoms with van der Waals surface area (Å²) in [7, 11) is 0. The number of aryl methyl sites for hydroxylation is 1. The van der Waals surface area contributed by atoms with Crippen LogP contribution in [-0.4, -0.2) is 57.2 Å². The standard InChI is InChI=1S/C17H21F2N5O.C2HF3O/c1-11-21-22-16-4-5-23(6-7-24(11)16)17(25)10-14(20)9-12-8-13(18)2-3-15(12)19;3-2(4,5)1-6/h2-3,8,14H,4-7,9-10,20H2,1H3;1H/t14-;/m1./s1. The molecule has 0 spiro atoms. The number of carbonyl (C=O) groups excluding carboxylic acids is 2. The average molecular weight is 447 g/mol. The van der Waals surface area contributed by atoms with Crippen LogP contribution in [0.3, 0.4) is 0 Å². The number of rotatable bonds is 4. The third-order valence-corrected chi connectivity index (χ3v) is 4.62. The number of carbonyl (C=O) groups is 2. The first-order valence-corrected chi connectivity index (χ1v) is 9.39. The Morgan fingerprint density at radius 1 is 1.23 bits per heavy atom. The van der Waals surface area contributed by atoms with Crippen molar-refractivity contribution in [1.29, 1.82) is 0 Å². The van der Waals surface area contributed by atoms with Crippen molar-refractivity contribution >= 4 is 12.2 Å². The summed E-state index contributed by atoms with van der Waals surface area (Å²) in [5.41, 5.74) is 6.19. The van der Waals surface area contributed by atoms with Gasteiger partial charge in [0.1, 0.15) is 23.3 Å². The molecule has 2 aromatic rings. The molecule has 0 saturated carbocycles. The Morgan fingerprint density at radius 3 is 2.55 bits per heavy atom. The number of alkyl halides is 3. The van der Waals surface area contributed by atoms with Gasteiger partial charge in [0, 0.05) is 38.5 Å². The lowest BCUT2D eigenvalue weighted by atomic mass is 10.0. The number of amides is 1. The second kappa shape index (κ2) is 10.4. The molecule has 7 nitrogen and oxygen atoms in total. The fraction of sp³-hybridized carbons (Fsp3) is 0.474. The Morgan fingerprint density at radius 2 is 1.90 bits per heavy atom. The van der Waals surface area contributed by atoms with E-state index in [0.29, 0.717) is 26.1 Å². The van der Waals surface area contributed by atoms with Gasteiger partial charge in [-0.1, -0.05) is 0 Å². The molecule has 1 amide bonds. The van der Waals surface area contributed by atoms with E-state index in [1.807, 2.05) is 11.5 Å². The molecule has 0 bridgehead atoms. The maximum absolute atomic E-state index is 13.7. The number of nitrogens with two attached hydrogens (primary N) is 1. The fourth-order valence-electron chi connectivity index (χ4n) is 3.13. The van der Waals surface area contributed by atoms with Crippen LogP contribution in [0.1, 0.15) is 23.6 Å². The molecule has 1 aliphatic rings. The lowest BCUT2D eigenvalue weighted by molar-refractivity contribution is -0.156. The van der Waals surface area contributed by atoms with Crippen LogP contribution in [0, 0.1) is 18.6 Å². The number of hydrogen-bond donors (Lipinski definition) is 1. The fourth-order valence-corrected chi connectivity index (χ4v) is 3.13. The molecule has 1 aromatic heterocycles. The molecule has 1 atom stereocenters. The van der Waals surface area contributed by atoms with Crippen LogP contribution in [0.2, 0.25) is 0 Å². The van der Waals surface area contributed by atoms with Gasteiger partial charge in [0.25, 0.3) is 0 Å². The van der Waals surface area contributed by atoms with Gasteiger partial charge in [0.15, 0.2) is 0 Å². The molecule has 3 rings (SSSR count). The van der Waals surface area contributed by atoms with Crippen molar-refractivity contribution in [2.75, 3.05) is 13.1 Å². The maximum atomic E-state index is 13.7. The first kappa shape index (κ1) is 24.4. The van der Waals surface area contributed by atoms with Crippen LogP contribution in [0.25, 0.3) is 0 Å². The smallest absolute Gasteiger partial charge is 0.340 e. The van der Waals surface area contributed by atoms with E-state index in [1.54, 1.807) is 4.90 Å². The van der Waals surface area contributed by atoms with Crippen LogP contribution < -0.4 is 5.73 Å². The van der Waals surface area contributed by atoms with Crippen molar-refractivity contribution < 1.29 is 31.5 Å². The van der Waals surface area contributed by atoms with Crippen LogP contribution in [0.15, 0.2) is 18.2 Å². The summed E-state index contributed by atoms with van der Waals surface area (Å²) < 4.78 is 60.2. The topological polar surface area (TPSA) is 94.1 Å². The van der Waals surface area contributed by atoms with Gasteiger partial charge in [0.2, 0.25) is 12.2 Å². The van der Waals surface area contributed by atoms with E-state index in [1.165, 1.54) is 0 Å². The van der Waals surface area contributed by atoms with Gasteiger partial charge in [-0.15, -0.1) is 10.2 Å². The summed E-state index contributed by atoms with van der Waals surface area (Å²) in [6.07, 6.45) is -4.85. The quantitative estimate of drug-likeness (QED) is 0.571. The SMILES string of the molecule is Cc1nnc2n1CCN(C(=O)C[C@H](N)Cc1cc(F)ccc1F)CC2.O=CC(F)(F)F. The summed E-state index contributed by atoms with van der Waals surface area (Å²) in [6, 6.07) is 2.70. The van der Waals surface area contributed by atoms with Crippen molar-refractivity contribution in [2.45, 2.75) is 44.9 Å². The zero-order valence-corrected chi connectivity index (χ0v) is 16.7. The Bertz CT molecular complexity index is 916. The van der Waals surface area contributed by atoms with Gasteiger partial charge >= 0.3 is 6.18 Å². The Balaban J connectivity index is 0.000000501. The molecule has 0 aliphatic carbocycles. The maximum Gasteiger partial charge on any atom is 0.446 e. The van der Waals surface area contributed by atoms with Crippen LogP contribution >= 0.6 is 0 Å². The number of aromatic nitrogens is 3. The number of hydrogen-bond acceptors (Lipinski definition) is 5. The normalized spacial score (nSPS) is 14.7. The molecule has 2 N–H and O–H groups in total. The van der Waals surface area contributed by atoms with Crippen LogP contribution in [0.5, 0.6) is 0 Å². The molecule has 2 heterocycles. The Kier molecular flexibility index (Phi) is 8.20. The zero-order valence-electron chi connectivity index (χ0n) is 16.7. The van der Waals surface area contributed by atoms with E-state index < -0.39 is 30.1 Å². The molecule has 31 heavy (non-hydrogen) atoms. The van der Waals surface area contributed by atoms with Gasteiger partial charge in [-0.25, -0.2) is 8.78 Å². The molecular formula is C19H22F5N5O2. The summed E-state index contributed by atoms with van der Waals surface area (Å²) in [4.78, 5) is 22.9. The molecule has 0 fully saturated rings. The molecule has 1 aromatic carbocycles. The first-order valence-electron chi connectivity index (χ1n) is 9.39. The minimum atomic E-state index is -4.64. The van der Waals surface area contributed by atoms with E-state index in [2.05, 4.69) is 10.2 Å². The van der Waals surface area contributed by atoms with E-state index in [0.717, 1.165) is 29.8 Å². The number of halogens is 5. The minimum Gasteiger partial charge on any atom is -0.340 e. The van der Waals surface area contributed by atoms with Crippen molar-refractivity contribution in [1.82, 2.24) is 19.7 Å². The van der Waals surface area contributed by atoms with E-state index in [-0.39, 0.29) is 24.3 Å². The summed E-state index contributed by atoms with van der Waals surface area (Å²) in [5, 5.41) is 8.16. The zero-order chi connectivity index (χ0) is 23.2. The molecule has 12 heteroatoms. The highest BCUT2D eigenvalue weighted by Gasteiger charge is 2.25. The molecule has 0 unspecified atom stereocenters. The number of aldehydes is 1. The summed E-state index contributed by atoms with van der Waals surface area (Å²) >= 11 is 0. The molecule has 0 radical (unpaired) electrons. The van der Waals surface area contributed by atoms with Gasteiger partial charge < -0.3 is 15.2 Å². The second-order valence-corrected chi connectivity index (χ2v) is 7.01. The van der Waals surface area contributed by atoms with Crippen molar-refractivity contribution in [2.24, 2.45) is 5.73 Å². The van der Waals surface area contributed by atoms with E-state index in [4.69, 9.17) is 10.5 Å². The highest BCUT2D eigenvalue weighted by atomic mass is 19.4. The number of nitrogens with zero attached hydrogens (tertiary/aromatic N) is 4. The second-order valence-electron chi connectivity index (χ2n) is 7.01. The van der Waals surface area contributed by atoms with E-state index in [9.17, 15) is 26.7 Å². The summed E-state index contributed by atoms with van der Waals surface area (Å²) in [6.45, 7) is 3.65. The van der Waals surface area contributed by atoms with Crippen molar-refractivity contribution in [3.63, 3.8) is 0 Å². The largest absolute Gasteiger partial charge is 0.446 e. The monoisotopic (exact) mass is 447 g/mol. The molecule has 0 saturated heterocycles. The number of fused-ring (bicyclic) bond motifs is 1. The van der Waals surface area contributed by atoms with Crippen molar-refractivity contribution in [3.8, 4) is 0 Å². The van der Waals surface area contributed by atoms with Gasteiger partial charge in [0.05, 0.1) is 0 Å². The Hall–Kier alpha value is -2.89. The van der Waals surface area contributed by atoms with Gasteiger partial charge in [-0.3, -0.25) is 9.59 Å². The summed E-state index contributed by atoms with van der Waals surface area (Å²) in [5.74, 6) is 0.607. The van der Waals surface area contributed by atoms with Gasteiger partial charge in [-0.05, 0) is 37.1 Å². The van der Waals surface area contributed by atoms with Crippen LogP contribution in [-0.2, 0) is 29.0 Å². The van der Waals surface area contributed by atoms with Gasteiger partial charge in [-0.2, -0.15) is 13.2 Å². The molecular weight excluding hydrogens is 425 g/mol. The van der Waals surface area contributed by atoms with Crippen LogP contribution in [0.4, 0.5) is 22.0 Å². The highest BCUT2D eigenvalue weighted by molar-refractivity contribution is 5.76. The molecule has 170 valence electrons. The predicted molar refractivity (Wildman–Crippen MR) is 99.8 cm³/mol. The average Bonchev–Trinajstić information content (AvgIpc) is 2.91. The third-order valence-electron chi connectivity index (χ3n) is 4.62. The first-order chi connectivity index (χ1) is 14.5. The third kappa shape index (κ3) is 7.39.